The van der Waals surface area contributed by atoms with Crippen LogP contribution in [0.2, 0.25) is 0 Å². The molecule has 0 bridgehead atoms. The number of carboxylic acids is 1. The highest BCUT2D eigenvalue weighted by Crippen LogP contribution is 2.48. The van der Waals surface area contributed by atoms with Crippen LogP contribution in [0, 0.1) is 5.82 Å². The maximum atomic E-state index is 13.9. The fourth-order valence-corrected chi connectivity index (χ4v) is 5.00. The number of benzene rings is 2. The van der Waals surface area contributed by atoms with Gasteiger partial charge in [0.15, 0.2) is 5.78 Å². The van der Waals surface area contributed by atoms with Crippen LogP contribution in [0.5, 0.6) is 0 Å². The number of ketones is 1. The monoisotopic (exact) mass is 446 g/mol. The highest BCUT2D eigenvalue weighted by Gasteiger charge is 2.39. The first-order chi connectivity index (χ1) is 12.9. The van der Waals surface area contributed by atoms with E-state index < -0.39 is 17.3 Å². The van der Waals surface area contributed by atoms with Gasteiger partial charge in [-0.05, 0) is 64.6 Å². The first-order valence-electron chi connectivity index (χ1n) is 9.32. The summed E-state index contributed by atoms with van der Waals surface area (Å²) in [7, 11) is 0. The van der Waals surface area contributed by atoms with Crippen LogP contribution in [0.3, 0.4) is 0 Å². The molecule has 3 nitrogen and oxygen atoms in total. The van der Waals surface area contributed by atoms with E-state index in [1.165, 1.54) is 23.3 Å². The number of halogens is 2. The van der Waals surface area contributed by atoms with Crippen LogP contribution < -0.4 is 0 Å². The summed E-state index contributed by atoms with van der Waals surface area (Å²) >= 11 is 3.67. The lowest BCUT2D eigenvalue weighted by molar-refractivity contribution is 0.0691. The first-order valence-corrected chi connectivity index (χ1v) is 10.1. The largest absolute Gasteiger partial charge is 0.478 e. The molecule has 0 unspecified atom stereocenters. The zero-order valence-electron chi connectivity index (χ0n) is 16.5. The van der Waals surface area contributed by atoms with E-state index >= 15 is 0 Å². The van der Waals surface area contributed by atoms with Gasteiger partial charge in [-0.3, -0.25) is 4.79 Å². The number of hydrogen-bond donors (Lipinski definition) is 1. The zero-order chi connectivity index (χ0) is 20.9. The Kier molecular flexibility index (Phi) is 5.26. The average Bonchev–Trinajstić information content (AvgIpc) is 2.58. The van der Waals surface area contributed by atoms with Crippen molar-refractivity contribution in [3.05, 3.63) is 68.4 Å². The topological polar surface area (TPSA) is 54.4 Å². The third-order valence-electron chi connectivity index (χ3n) is 5.82. The van der Waals surface area contributed by atoms with Crippen LogP contribution in [-0.2, 0) is 17.3 Å². The lowest BCUT2D eigenvalue weighted by Crippen LogP contribution is -2.34. The number of carboxylic acid groups (broad SMARTS) is 1. The highest BCUT2D eigenvalue weighted by atomic mass is 79.9. The fourth-order valence-electron chi connectivity index (χ4n) is 4.00. The standard InChI is InChI=1S/C23H24BrFO3/c1-22(2)7-8-23(3,4)20-16(22)11-14(12-17(20)24)19(26)10-13-5-6-15(21(27)28)18(25)9-13/h5-6,9,11-12H,7-8,10H2,1-4H3,(H,27,28). The Labute approximate surface area is 173 Å². The van der Waals surface area contributed by atoms with E-state index in [-0.39, 0.29) is 23.0 Å². The molecule has 0 fully saturated rings. The molecule has 3 rings (SSSR count). The lowest BCUT2D eigenvalue weighted by atomic mass is 9.63. The van der Waals surface area contributed by atoms with Gasteiger partial charge < -0.3 is 5.11 Å². The molecule has 0 amide bonds. The van der Waals surface area contributed by atoms with E-state index in [0.29, 0.717) is 11.1 Å². The lowest BCUT2D eigenvalue weighted by Gasteiger charge is -2.42. The molecule has 0 saturated carbocycles. The van der Waals surface area contributed by atoms with Gasteiger partial charge in [0.2, 0.25) is 0 Å². The van der Waals surface area contributed by atoms with Crippen LogP contribution in [0.25, 0.3) is 0 Å². The number of hydrogen-bond acceptors (Lipinski definition) is 2. The maximum Gasteiger partial charge on any atom is 0.338 e. The molecule has 0 heterocycles. The van der Waals surface area contributed by atoms with Gasteiger partial charge in [-0.15, -0.1) is 0 Å². The molecule has 2 aromatic rings. The second-order valence-electron chi connectivity index (χ2n) is 8.87. The Bertz CT molecular complexity index is 976. The van der Waals surface area contributed by atoms with Crippen molar-refractivity contribution in [1.82, 2.24) is 0 Å². The van der Waals surface area contributed by atoms with Gasteiger partial charge in [0.25, 0.3) is 0 Å². The van der Waals surface area contributed by atoms with E-state index in [1.54, 1.807) is 0 Å². The minimum Gasteiger partial charge on any atom is -0.478 e. The normalized spacial score (nSPS) is 17.1. The Morgan fingerprint density at radius 3 is 2.32 bits per heavy atom. The van der Waals surface area contributed by atoms with Gasteiger partial charge in [0, 0.05) is 16.5 Å². The van der Waals surface area contributed by atoms with Gasteiger partial charge in [0.05, 0.1) is 5.56 Å². The molecule has 0 radical (unpaired) electrons. The molecule has 0 aliphatic heterocycles. The summed E-state index contributed by atoms with van der Waals surface area (Å²) in [5.74, 6) is -2.27. The summed E-state index contributed by atoms with van der Waals surface area (Å²) in [6.45, 7) is 8.84. The number of fused-ring (bicyclic) bond motifs is 1. The molecule has 0 atom stereocenters. The molecular weight excluding hydrogens is 423 g/mol. The number of carbonyl (C=O) groups is 2. The smallest absolute Gasteiger partial charge is 0.338 e. The van der Waals surface area contributed by atoms with E-state index in [2.05, 4.69) is 43.6 Å². The molecule has 0 spiro atoms. The van der Waals surface area contributed by atoms with Crippen molar-refractivity contribution in [2.45, 2.75) is 57.8 Å². The Balaban J connectivity index is 1.97. The van der Waals surface area contributed by atoms with E-state index in [0.717, 1.165) is 23.4 Å². The summed E-state index contributed by atoms with van der Waals surface area (Å²) in [5.41, 5.74) is 3.07. The van der Waals surface area contributed by atoms with Crippen LogP contribution >= 0.6 is 15.9 Å². The summed E-state index contributed by atoms with van der Waals surface area (Å²) in [6, 6.07) is 7.65. The predicted octanol–water partition coefficient (Wildman–Crippen LogP) is 6.06. The summed E-state index contributed by atoms with van der Waals surface area (Å²) in [4.78, 5) is 23.8. The molecule has 0 saturated heterocycles. The van der Waals surface area contributed by atoms with Crippen molar-refractivity contribution in [3.63, 3.8) is 0 Å². The molecule has 148 valence electrons. The summed E-state index contributed by atoms with van der Waals surface area (Å²) in [5, 5.41) is 8.94. The molecule has 2 aromatic carbocycles. The van der Waals surface area contributed by atoms with Crippen molar-refractivity contribution in [2.24, 2.45) is 0 Å². The van der Waals surface area contributed by atoms with Gasteiger partial charge in [-0.25, -0.2) is 9.18 Å². The predicted molar refractivity (Wildman–Crippen MR) is 111 cm³/mol. The van der Waals surface area contributed by atoms with E-state index in [4.69, 9.17) is 5.11 Å². The minimum atomic E-state index is -1.32. The molecular formula is C23H24BrFO3. The second kappa shape index (κ2) is 7.11. The Morgan fingerprint density at radius 2 is 1.71 bits per heavy atom. The fraction of sp³-hybridized carbons (Fsp3) is 0.391. The van der Waals surface area contributed by atoms with Crippen LogP contribution in [0.15, 0.2) is 34.8 Å². The van der Waals surface area contributed by atoms with Crippen LogP contribution in [0.4, 0.5) is 4.39 Å². The minimum absolute atomic E-state index is 0.0197. The average molecular weight is 447 g/mol. The Morgan fingerprint density at radius 1 is 1.07 bits per heavy atom. The van der Waals surface area contributed by atoms with Gasteiger partial charge >= 0.3 is 5.97 Å². The van der Waals surface area contributed by atoms with Crippen LogP contribution in [-0.4, -0.2) is 16.9 Å². The van der Waals surface area contributed by atoms with Crippen molar-refractivity contribution < 1.29 is 19.1 Å². The SMILES string of the molecule is CC1(C)CCC(C)(C)c2c(Br)cc(C(=O)Cc3ccc(C(=O)O)c(F)c3)cc21. The maximum absolute atomic E-state index is 13.9. The first kappa shape index (κ1) is 20.7. The van der Waals surface area contributed by atoms with Gasteiger partial charge in [-0.1, -0.05) is 49.7 Å². The van der Waals surface area contributed by atoms with Crippen molar-refractivity contribution in [1.29, 1.82) is 0 Å². The summed E-state index contributed by atoms with van der Waals surface area (Å²) in [6.07, 6.45) is 2.14. The van der Waals surface area contributed by atoms with Crippen molar-refractivity contribution in [3.8, 4) is 0 Å². The number of carbonyl (C=O) groups excluding carboxylic acids is 1. The molecule has 1 aliphatic carbocycles. The molecule has 5 heteroatoms. The Hall–Kier alpha value is -2.01. The second-order valence-corrected chi connectivity index (χ2v) is 9.72. The number of aromatic carboxylic acids is 1. The van der Waals surface area contributed by atoms with Crippen molar-refractivity contribution in [2.75, 3.05) is 0 Å². The highest BCUT2D eigenvalue weighted by molar-refractivity contribution is 9.10. The molecule has 1 N–H and O–H groups in total. The quantitative estimate of drug-likeness (QED) is 0.580. The third-order valence-corrected chi connectivity index (χ3v) is 6.45. The molecule has 0 aromatic heterocycles. The third kappa shape index (κ3) is 3.77. The zero-order valence-corrected chi connectivity index (χ0v) is 18.1. The molecule has 28 heavy (non-hydrogen) atoms. The van der Waals surface area contributed by atoms with Crippen molar-refractivity contribution >= 4 is 27.7 Å². The van der Waals surface area contributed by atoms with Gasteiger partial charge in [-0.2, -0.15) is 0 Å². The molecule has 1 aliphatic rings. The number of Topliss-reactive ketones (excluding diaryl/α,β-unsaturated/α-hetero) is 1. The van der Waals surface area contributed by atoms with Gasteiger partial charge in [0.1, 0.15) is 5.82 Å². The summed E-state index contributed by atoms with van der Waals surface area (Å²) < 4.78 is 14.9. The van der Waals surface area contributed by atoms with Crippen LogP contribution in [0.1, 0.15) is 77.9 Å². The number of rotatable bonds is 4. The van der Waals surface area contributed by atoms with E-state index in [1.807, 2.05) is 12.1 Å². The van der Waals surface area contributed by atoms with E-state index in [9.17, 15) is 14.0 Å².